The van der Waals surface area contributed by atoms with Crippen LogP contribution in [0.4, 0.5) is 5.69 Å². The van der Waals surface area contributed by atoms with E-state index in [9.17, 15) is 9.59 Å². The SMILES string of the molecule is CCNC(=O)c1ccccc1NC(=S)NC(=O)c1cc(Br)ccc1OCC. The van der Waals surface area contributed by atoms with E-state index in [0.717, 1.165) is 4.47 Å². The summed E-state index contributed by atoms with van der Waals surface area (Å²) in [7, 11) is 0. The average molecular weight is 450 g/mol. The van der Waals surface area contributed by atoms with Crippen LogP contribution in [0.15, 0.2) is 46.9 Å². The Balaban J connectivity index is 2.14. The first-order valence-corrected chi connectivity index (χ1v) is 9.58. The summed E-state index contributed by atoms with van der Waals surface area (Å²) >= 11 is 8.58. The van der Waals surface area contributed by atoms with E-state index in [-0.39, 0.29) is 11.0 Å². The highest BCUT2D eigenvalue weighted by molar-refractivity contribution is 9.10. The Bertz CT molecular complexity index is 858. The fourth-order valence-corrected chi connectivity index (χ4v) is 2.89. The van der Waals surface area contributed by atoms with Gasteiger partial charge in [0.1, 0.15) is 5.75 Å². The molecule has 0 fully saturated rings. The molecule has 3 N–H and O–H groups in total. The van der Waals surface area contributed by atoms with E-state index in [0.29, 0.717) is 35.7 Å². The Hall–Kier alpha value is -2.45. The van der Waals surface area contributed by atoms with Crippen LogP contribution in [-0.2, 0) is 0 Å². The molecule has 0 saturated heterocycles. The number of carbonyl (C=O) groups is 2. The maximum Gasteiger partial charge on any atom is 0.261 e. The van der Waals surface area contributed by atoms with Crippen LogP contribution in [-0.4, -0.2) is 30.1 Å². The molecule has 2 amide bonds. The summed E-state index contributed by atoms with van der Waals surface area (Å²) in [6.07, 6.45) is 0. The van der Waals surface area contributed by atoms with E-state index in [4.69, 9.17) is 17.0 Å². The standard InChI is InChI=1S/C19H20BrN3O3S/c1-3-21-17(24)13-7-5-6-8-15(13)22-19(27)23-18(25)14-11-12(20)9-10-16(14)26-4-2/h5-11H,3-4H2,1-2H3,(H,21,24)(H2,22,23,25,27). The molecule has 142 valence electrons. The second-order valence-electron chi connectivity index (χ2n) is 5.39. The quantitative estimate of drug-likeness (QED) is 0.585. The third kappa shape index (κ3) is 5.77. The molecular formula is C19H20BrN3O3S. The fourth-order valence-electron chi connectivity index (χ4n) is 2.33. The molecule has 0 aliphatic heterocycles. The molecular weight excluding hydrogens is 430 g/mol. The predicted molar refractivity (Wildman–Crippen MR) is 113 cm³/mol. The first-order chi connectivity index (χ1) is 13.0. The molecule has 27 heavy (non-hydrogen) atoms. The first kappa shape index (κ1) is 20.9. The number of benzene rings is 2. The molecule has 0 aliphatic rings. The second-order valence-corrected chi connectivity index (χ2v) is 6.71. The van der Waals surface area contributed by atoms with Gasteiger partial charge in [-0.1, -0.05) is 28.1 Å². The summed E-state index contributed by atoms with van der Waals surface area (Å²) < 4.78 is 6.24. The van der Waals surface area contributed by atoms with Crippen molar-refractivity contribution in [2.45, 2.75) is 13.8 Å². The molecule has 0 heterocycles. The van der Waals surface area contributed by atoms with Crippen molar-refractivity contribution in [2.24, 2.45) is 0 Å². The third-order valence-corrected chi connectivity index (χ3v) is 4.17. The minimum Gasteiger partial charge on any atom is -0.493 e. The van der Waals surface area contributed by atoms with Gasteiger partial charge in [-0.3, -0.25) is 14.9 Å². The topological polar surface area (TPSA) is 79.5 Å². The molecule has 2 aromatic rings. The van der Waals surface area contributed by atoms with Gasteiger partial charge in [-0.25, -0.2) is 0 Å². The summed E-state index contributed by atoms with van der Waals surface area (Å²) in [6.45, 7) is 4.63. The zero-order valence-electron chi connectivity index (χ0n) is 15.0. The van der Waals surface area contributed by atoms with Crippen LogP contribution in [0.5, 0.6) is 5.75 Å². The van der Waals surface area contributed by atoms with E-state index in [1.165, 1.54) is 0 Å². The second kappa shape index (κ2) is 10.0. The molecule has 2 aromatic carbocycles. The number of thiocarbonyl (C=S) groups is 1. The lowest BCUT2D eigenvalue weighted by Crippen LogP contribution is -2.35. The molecule has 0 saturated carbocycles. The van der Waals surface area contributed by atoms with Crippen LogP contribution in [0, 0.1) is 0 Å². The largest absolute Gasteiger partial charge is 0.493 e. The van der Waals surface area contributed by atoms with Gasteiger partial charge >= 0.3 is 0 Å². The minimum atomic E-state index is -0.409. The number of carbonyl (C=O) groups excluding carboxylic acids is 2. The van der Waals surface area contributed by atoms with Gasteiger partial charge in [0, 0.05) is 11.0 Å². The van der Waals surface area contributed by atoms with Crippen LogP contribution in [0.2, 0.25) is 0 Å². The normalized spacial score (nSPS) is 10.0. The van der Waals surface area contributed by atoms with Crippen molar-refractivity contribution < 1.29 is 14.3 Å². The van der Waals surface area contributed by atoms with Crippen LogP contribution in [0.1, 0.15) is 34.6 Å². The number of hydrogen-bond acceptors (Lipinski definition) is 4. The van der Waals surface area contributed by atoms with Gasteiger partial charge in [-0.05, 0) is 56.4 Å². The predicted octanol–water partition coefficient (Wildman–Crippen LogP) is 3.72. The van der Waals surface area contributed by atoms with Gasteiger partial charge in [0.05, 0.1) is 23.4 Å². The lowest BCUT2D eigenvalue weighted by molar-refractivity contribution is 0.0954. The van der Waals surface area contributed by atoms with Gasteiger partial charge in [0.25, 0.3) is 11.8 Å². The van der Waals surface area contributed by atoms with Crippen LogP contribution < -0.4 is 20.7 Å². The molecule has 0 radical (unpaired) electrons. The van der Waals surface area contributed by atoms with Gasteiger partial charge in [0.2, 0.25) is 0 Å². The van der Waals surface area contributed by atoms with E-state index >= 15 is 0 Å². The molecule has 6 nitrogen and oxygen atoms in total. The minimum absolute atomic E-state index is 0.0826. The number of nitrogens with one attached hydrogen (secondary N) is 3. The van der Waals surface area contributed by atoms with E-state index in [1.807, 2.05) is 13.8 Å². The average Bonchev–Trinajstić information content (AvgIpc) is 2.63. The van der Waals surface area contributed by atoms with Crippen molar-refractivity contribution in [2.75, 3.05) is 18.5 Å². The molecule has 8 heteroatoms. The summed E-state index contributed by atoms with van der Waals surface area (Å²) in [5.41, 5.74) is 1.30. The number of halogens is 1. The summed E-state index contributed by atoms with van der Waals surface area (Å²) in [6, 6.07) is 12.1. The van der Waals surface area contributed by atoms with Crippen LogP contribution in [0.25, 0.3) is 0 Å². The number of amides is 2. The van der Waals surface area contributed by atoms with E-state index in [1.54, 1.807) is 42.5 Å². The molecule has 0 aliphatic carbocycles. The zero-order chi connectivity index (χ0) is 19.8. The summed E-state index contributed by atoms with van der Waals surface area (Å²) in [5.74, 6) is -0.170. The molecule has 0 aromatic heterocycles. The van der Waals surface area contributed by atoms with Crippen LogP contribution >= 0.6 is 28.1 Å². The van der Waals surface area contributed by atoms with Crippen molar-refractivity contribution in [1.82, 2.24) is 10.6 Å². The smallest absolute Gasteiger partial charge is 0.261 e. The highest BCUT2D eigenvalue weighted by atomic mass is 79.9. The van der Waals surface area contributed by atoms with Crippen LogP contribution in [0.3, 0.4) is 0 Å². The van der Waals surface area contributed by atoms with E-state index < -0.39 is 5.91 Å². The Morgan fingerprint density at radius 3 is 2.52 bits per heavy atom. The lowest BCUT2D eigenvalue weighted by Gasteiger charge is -2.14. The van der Waals surface area contributed by atoms with Crippen molar-refractivity contribution in [3.8, 4) is 5.75 Å². The molecule has 0 spiro atoms. The highest BCUT2D eigenvalue weighted by Crippen LogP contribution is 2.23. The lowest BCUT2D eigenvalue weighted by atomic mass is 10.1. The molecule has 2 rings (SSSR count). The Kier molecular flexibility index (Phi) is 7.75. The summed E-state index contributed by atoms with van der Waals surface area (Å²) in [5, 5.41) is 8.34. The van der Waals surface area contributed by atoms with E-state index in [2.05, 4.69) is 31.9 Å². The maximum atomic E-state index is 12.6. The molecule has 0 atom stereocenters. The van der Waals surface area contributed by atoms with Crippen molar-refractivity contribution >= 4 is 50.8 Å². The third-order valence-electron chi connectivity index (χ3n) is 3.47. The van der Waals surface area contributed by atoms with Gasteiger partial charge < -0.3 is 15.4 Å². The van der Waals surface area contributed by atoms with Gasteiger partial charge in [0.15, 0.2) is 5.11 Å². The molecule has 0 bridgehead atoms. The van der Waals surface area contributed by atoms with Crippen molar-refractivity contribution in [1.29, 1.82) is 0 Å². The van der Waals surface area contributed by atoms with Gasteiger partial charge in [-0.2, -0.15) is 0 Å². The maximum absolute atomic E-state index is 12.6. The summed E-state index contributed by atoms with van der Waals surface area (Å²) in [4.78, 5) is 24.7. The molecule has 0 unspecified atom stereocenters. The van der Waals surface area contributed by atoms with Gasteiger partial charge in [-0.15, -0.1) is 0 Å². The monoisotopic (exact) mass is 449 g/mol. The number of ether oxygens (including phenoxy) is 1. The van der Waals surface area contributed by atoms with Crippen molar-refractivity contribution in [3.63, 3.8) is 0 Å². The number of hydrogen-bond donors (Lipinski definition) is 3. The Labute approximate surface area is 171 Å². The zero-order valence-corrected chi connectivity index (χ0v) is 17.4. The Morgan fingerprint density at radius 1 is 1.07 bits per heavy atom. The number of anilines is 1. The van der Waals surface area contributed by atoms with Crippen molar-refractivity contribution in [3.05, 3.63) is 58.1 Å². The number of rotatable bonds is 6. The Morgan fingerprint density at radius 2 is 1.81 bits per heavy atom. The fraction of sp³-hybridized carbons (Fsp3) is 0.211. The number of para-hydroxylation sites is 1. The first-order valence-electron chi connectivity index (χ1n) is 8.38. The highest BCUT2D eigenvalue weighted by Gasteiger charge is 2.16.